The lowest BCUT2D eigenvalue weighted by atomic mass is 10.1. The van der Waals surface area contributed by atoms with E-state index in [0.29, 0.717) is 54.2 Å². The number of ether oxygens (including phenoxy) is 2. The van der Waals surface area contributed by atoms with Gasteiger partial charge in [-0.05, 0) is 55.8 Å². The molecule has 0 spiro atoms. The predicted octanol–water partition coefficient (Wildman–Crippen LogP) is 3.79. The molecule has 0 aliphatic rings. The number of anilines is 1. The topological polar surface area (TPSA) is 115 Å². The number of nitrogens with two attached hydrogens (primary N) is 1. The second kappa shape index (κ2) is 11.2. The average molecular weight is 432 g/mol. The Bertz CT molecular complexity index is 960. The van der Waals surface area contributed by atoms with E-state index in [9.17, 15) is 4.79 Å². The molecule has 30 heavy (non-hydrogen) atoms. The van der Waals surface area contributed by atoms with Crippen LogP contribution in [0.5, 0.6) is 11.5 Å². The highest BCUT2D eigenvalue weighted by Crippen LogP contribution is 2.29. The van der Waals surface area contributed by atoms with Crippen LogP contribution in [0, 0.1) is 0 Å². The highest BCUT2D eigenvalue weighted by Gasteiger charge is 2.12. The van der Waals surface area contributed by atoms with Gasteiger partial charge in [0.05, 0.1) is 19.8 Å². The molecule has 9 heteroatoms. The molecule has 8 nitrogen and oxygen atoms in total. The number of halogens is 1. The summed E-state index contributed by atoms with van der Waals surface area (Å²) >= 11 is 0. The molecular formula is C21H26ClN5O3. The van der Waals surface area contributed by atoms with Crippen LogP contribution in [0.15, 0.2) is 42.5 Å². The molecule has 0 aliphatic carbocycles. The van der Waals surface area contributed by atoms with Crippen molar-refractivity contribution in [2.45, 2.75) is 26.8 Å². The van der Waals surface area contributed by atoms with Crippen LogP contribution in [-0.4, -0.2) is 34.3 Å². The van der Waals surface area contributed by atoms with Crippen LogP contribution in [0.1, 0.15) is 36.5 Å². The summed E-state index contributed by atoms with van der Waals surface area (Å²) in [6.07, 6.45) is 0.894. The Kier molecular flexibility index (Phi) is 8.64. The number of amides is 1. The zero-order valence-electron chi connectivity index (χ0n) is 17.0. The Morgan fingerprint density at radius 1 is 1.10 bits per heavy atom. The molecule has 0 atom stereocenters. The first-order chi connectivity index (χ1) is 14.1. The Labute approximate surface area is 181 Å². The minimum Gasteiger partial charge on any atom is -0.490 e. The van der Waals surface area contributed by atoms with Gasteiger partial charge in [0.25, 0.3) is 5.91 Å². The third kappa shape index (κ3) is 5.71. The molecule has 1 aromatic heterocycles. The maximum atomic E-state index is 12.6. The Morgan fingerprint density at radius 3 is 2.50 bits per heavy atom. The Morgan fingerprint density at radius 2 is 1.87 bits per heavy atom. The Hall–Kier alpha value is -3.10. The largest absolute Gasteiger partial charge is 0.490 e. The van der Waals surface area contributed by atoms with Gasteiger partial charge in [-0.25, -0.2) is 4.98 Å². The number of hydrogen-bond donors (Lipinski definition) is 3. The van der Waals surface area contributed by atoms with Crippen molar-refractivity contribution in [1.82, 2.24) is 15.2 Å². The molecule has 1 heterocycles. The fraction of sp³-hybridized carbons (Fsp3) is 0.286. The maximum Gasteiger partial charge on any atom is 0.255 e. The van der Waals surface area contributed by atoms with Crippen LogP contribution in [0.4, 0.5) is 5.69 Å². The highest BCUT2D eigenvalue weighted by molar-refractivity contribution is 6.04. The van der Waals surface area contributed by atoms with Gasteiger partial charge in [-0.3, -0.25) is 9.89 Å². The van der Waals surface area contributed by atoms with Crippen LogP contribution < -0.4 is 20.5 Å². The van der Waals surface area contributed by atoms with Gasteiger partial charge in [0.2, 0.25) is 0 Å². The maximum absolute atomic E-state index is 12.6. The molecule has 4 N–H and O–H groups in total. The van der Waals surface area contributed by atoms with Gasteiger partial charge < -0.3 is 20.5 Å². The molecule has 0 fully saturated rings. The molecular weight excluding hydrogens is 406 g/mol. The minimum absolute atomic E-state index is 0. The molecule has 3 aromatic rings. The van der Waals surface area contributed by atoms with E-state index < -0.39 is 0 Å². The van der Waals surface area contributed by atoms with Gasteiger partial charge in [0.15, 0.2) is 17.3 Å². The van der Waals surface area contributed by atoms with E-state index in [-0.39, 0.29) is 18.3 Å². The summed E-state index contributed by atoms with van der Waals surface area (Å²) in [6.45, 7) is 5.31. The number of nitrogens with one attached hydrogen (secondary N) is 2. The van der Waals surface area contributed by atoms with E-state index in [0.717, 1.165) is 12.0 Å². The molecule has 0 radical (unpaired) electrons. The zero-order chi connectivity index (χ0) is 20.6. The van der Waals surface area contributed by atoms with Crippen molar-refractivity contribution in [1.29, 1.82) is 0 Å². The molecule has 1 amide bonds. The SMILES string of the molecule is CCCOc1ccc(C(=O)Nc2ccc(-c3n[nH]c(CN)n3)cc2)cc1OCC.Cl. The van der Waals surface area contributed by atoms with Crippen molar-refractivity contribution < 1.29 is 14.3 Å². The van der Waals surface area contributed by atoms with E-state index in [4.69, 9.17) is 15.2 Å². The lowest BCUT2D eigenvalue weighted by molar-refractivity contribution is 0.102. The second-order valence-electron chi connectivity index (χ2n) is 6.28. The summed E-state index contributed by atoms with van der Waals surface area (Å²) in [4.78, 5) is 16.9. The van der Waals surface area contributed by atoms with Crippen LogP contribution in [0.2, 0.25) is 0 Å². The average Bonchev–Trinajstić information content (AvgIpc) is 3.23. The van der Waals surface area contributed by atoms with Gasteiger partial charge in [-0.1, -0.05) is 6.92 Å². The van der Waals surface area contributed by atoms with Crippen molar-refractivity contribution in [2.75, 3.05) is 18.5 Å². The van der Waals surface area contributed by atoms with Crippen LogP contribution >= 0.6 is 12.4 Å². The molecule has 0 aliphatic heterocycles. The molecule has 160 valence electrons. The van der Waals surface area contributed by atoms with E-state index in [1.807, 2.05) is 26.0 Å². The number of aromatic nitrogens is 3. The number of nitrogens with zero attached hydrogens (tertiary/aromatic N) is 2. The van der Waals surface area contributed by atoms with E-state index in [1.165, 1.54) is 0 Å². The summed E-state index contributed by atoms with van der Waals surface area (Å²) in [5.74, 6) is 2.15. The first-order valence-corrected chi connectivity index (χ1v) is 9.57. The molecule has 3 rings (SSSR count). The number of aromatic amines is 1. The van der Waals surface area contributed by atoms with Gasteiger partial charge in [-0.2, -0.15) is 5.10 Å². The van der Waals surface area contributed by atoms with Crippen molar-refractivity contribution in [3.8, 4) is 22.9 Å². The molecule has 2 aromatic carbocycles. The lowest BCUT2D eigenvalue weighted by Crippen LogP contribution is -2.12. The Balaban J connectivity index is 0.00000320. The number of carbonyl (C=O) groups is 1. The van der Waals surface area contributed by atoms with E-state index in [2.05, 4.69) is 20.5 Å². The number of H-pyrrole nitrogens is 1. The normalized spacial score (nSPS) is 10.2. The fourth-order valence-electron chi connectivity index (χ4n) is 2.67. The number of hydrogen-bond acceptors (Lipinski definition) is 6. The minimum atomic E-state index is -0.232. The number of benzene rings is 2. The summed E-state index contributed by atoms with van der Waals surface area (Å²) in [7, 11) is 0. The third-order valence-electron chi connectivity index (χ3n) is 4.09. The van der Waals surface area contributed by atoms with Crippen LogP contribution in [-0.2, 0) is 6.54 Å². The first kappa shape index (κ1) is 23.2. The summed E-state index contributed by atoms with van der Waals surface area (Å²) in [6, 6.07) is 12.5. The molecule has 0 unspecified atom stereocenters. The highest BCUT2D eigenvalue weighted by atomic mass is 35.5. The van der Waals surface area contributed by atoms with Crippen molar-refractivity contribution in [3.63, 3.8) is 0 Å². The second-order valence-corrected chi connectivity index (χ2v) is 6.28. The fourth-order valence-corrected chi connectivity index (χ4v) is 2.67. The van der Waals surface area contributed by atoms with Gasteiger partial charge >= 0.3 is 0 Å². The first-order valence-electron chi connectivity index (χ1n) is 9.57. The van der Waals surface area contributed by atoms with Gasteiger partial charge in [-0.15, -0.1) is 12.4 Å². The number of rotatable bonds is 9. The quantitative estimate of drug-likeness (QED) is 0.474. The van der Waals surface area contributed by atoms with Crippen molar-refractivity contribution in [3.05, 3.63) is 53.9 Å². The molecule has 0 saturated carbocycles. The van der Waals surface area contributed by atoms with Crippen molar-refractivity contribution in [2.24, 2.45) is 5.73 Å². The van der Waals surface area contributed by atoms with Gasteiger partial charge in [0.1, 0.15) is 5.82 Å². The summed E-state index contributed by atoms with van der Waals surface area (Å²) < 4.78 is 11.3. The van der Waals surface area contributed by atoms with Crippen LogP contribution in [0.25, 0.3) is 11.4 Å². The summed E-state index contributed by atoms with van der Waals surface area (Å²) in [5, 5.41) is 9.78. The molecule has 0 saturated heterocycles. The summed E-state index contributed by atoms with van der Waals surface area (Å²) in [5.41, 5.74) is 7.52. The van der Waals surface area contributed by atoms with Gasteiger partial charge in [0, 0.05) is 16.8 Å². The lowest BCUT2D eigenvalue weighted by Gasteiger charge is -2.13. The standard InChI is InChI=1S/C21H25N5O3.ClH/c1-3-11-29-17-10-7-15(12-18(17)28-4-2)21(27)23-16-8-5-14(6-9-16)20-24-19(13-22)25-26-20;/h5-10,12H,3-4,11,13,22H2,1-2H3,(H,23,27)(H,24,25,26);1H. The monoisotopic (exact) mass is 431 g/mol. The van der Waals surface area contributed by atoms with E-state index in [1.54, 1.807) is 30.3 Å². The zero-order valence-corrected chi connectivity index (χ0v) is 17.8. The predicted molar refractivity (Wildman–Crippen MR) is 118 cm³/mol. The molecule has 0 bridgehead atoms. The smallest absolute Gasteiger partial charge is 0.255 e. The van der Waals surface area contributed by atoms with E-state index >= 15 is 0 Å². The third-order valence-corrected chi connectivity index (χ3v) is 4.09. The van der Waals surface area contributed by atoms with Crippen LogP contribution in [0.3, 0.4) is 0 Å². The number of carbonyl (C=O) groups excluding carboxylic acids is 1. The van der Waals surface area contributed by atoms with Crippen molar-refractivity contribution >= 4 is 24.0 Å².